The first-order valence-electron chi connectivity index (χ1n) is 4.63. The normalized spacial score (nSPS) is 10.1. The molecule has 0 spiro atoms. The molecule has 0 unspecified atom stereocenters. The summed E-state index contributed by atoms with van der Waals surface area (Å²) in [7, 11) is 0. The van der Waals surface area contributed by atoms with Crippen LogP contribution in [0.4, 0.5) is 14.5 Å². The van der Waals surface area contributed by atoms with E-state index in [1.54, 1.807) is 0 Å². The Morgan fingerprint density at radius 2 is 1.50 bits per heavy atom. The predicted octanol–water partition coefficient (Wildman–Crippen LogP) is 3.34. The molecule has 0 aliphatic rings. The summed E-state index contributed by atoms with van der Waals surface area (Å²) in [4.78, 5) is 0. The number of rotatable bonds is 2. The van der Waals surface area contributed by atoms with E-state index in [2.05, 4.69) is 0 Å². The summed E-state index contributed by atoms with van der Waals surface area (Å²) in [6.07, 6.45) is 0. The first-order valence-corrected chi connectivity index (χ1v) is 4.63. The molecule has 4 heteroatoms. The molecule has 0 atom stereocenters. The van der Waals surface area contributed by atoms with E-state index in [-0.39, 0.29) is 11.5 Å². The highest BCUT2D eigenvalue weighted by Gasteiger charge is 2.03. The molecule has 2 rings (SSSR count). The molecule has 16 heavy (non-hydrogen) atoms. The minimum atomic E-state index is -0.427. The largest absolute Gasteiger partial charge is 0.455 e. The summed E-state index contributed by atoms with van der Waals surface area (Å²) in [6.45, 7) is 0. The Labute approximate surface area is 91.3 Å². The Bertz CT molecular complexity index is 497. The van der Waals surface area contributed by atoms with E-state index < -0.39 is 5.82 Å². The van der Waals surface area contributed by atoms with Gasteiger partial charge in [0.1, 0.15) is 17.4 Å². The number of anilines is 1. The van der Waals surface area contributed by atoms with Gasteiger partial charge < -0.3 is 10.5 Å². The van der Waals surface area contributed by atoms with Gasteiger partial charge in [0.05, 0.1) is 5.69 Å². The number of nitrogens with two attached hydrogens (primary N) is 1. The number of halogens is 2. The fourth-order valence-electron chi connectivity index (χ4n) is 1.24. The van der Waals surface area contributed by atoms with Crippen molar-refractivity contribution in [2.24, 2.45) is 0 Å². The van der Waals surface area contributed by atoms with Crippen LogP contribution in [-0.4, -0.2) is 0 Å². The lowest BCUT2D eigenvalue weighted by Gasteiger charge is -2.07. The van der Waals surface area contributed by atoms with Crippen LogP contribution in [0.2, 0.25) is 0 Å². The minimum absolute atomic E-state index is 0.198. The quantitative estimate of drug-likeness (QED) is 0.789. The van der Waals surface area contributed by atoms with Crippen molar-refractivity contribution in [3.63, 3.8) is 0 Å². The fourth-order valence-corrected chi connectivity index (χ4v) is 1.24. The van der Waals surface area contributed by atoms with Gasteiger partial charge in [0.25, 0.3) is 0 Å². The summed E-state index contributed by atoms with van der Waals surface area (Å²) in [5.74, 6) is 0.0103. The van der Waals surface area contributed by atoms with Gasteiger partial charge in [-0.2, -0.15) is 0 Å². The molecule has 82 valence electrons. The fraction of sp³-hybridized carbons (Fsp3) is 0. The molecule has 2 aromatic rings. The molecule has 0 aliphatic heterocycles. The zero-order chi connectivity index (χ0) is 11.5. The SMILES string of the molecule is Nc1cc(F)ccc1Oc1ccc(F)cc1. The molecule has 0 heterocycles. The maximum atomic E-state index is 12.8. The molecule has 2 N–H and O–H groups in total. The van der Waals surface area contributed by atoms with Gasteiger partial charge in [-0.3, -0.25) is 0 Å². The van der Waals surface area contributed by atoms with Gasteiger partial charge in [-0.25, -0.2) is 8.78 Å². The van der Waals surface area contributed by atoms with Crippen LogP contribution in [-0.2, 0) is 0 Å². The summed E-state index contributed by atoms with van der Waals surface area (Å²) >= 11 is 0. The van der Waals surface area contributed by atoms with Crippen LogP contribution in [0.25, 0.3) is 0 Å². The molecule has 0 fully saturated rings. The summed E-state index contributed by atoms with van der Waals surface area (Å²) in [6, 6.07) is 9.32. The van der Waals surface area contributed by atoms with Crippen LogP contribution in [0.1, 0.15) is 0 Å². The molecular formula is C12H9F2NO. The monoisotopic (exact) mass is 221 g/mol. The second-order valence-corrected chi connectivity index (χ2v) is 3.24. The maximum Gasteiger partial charge on any atom is 0.150 e. The zero-order valence-corrected chi connectivity index (χ0v) is 8.28. The van der Waals surface area contributed by atoms with Crippen LogP contribution in [0, 0.1) is 11.6 Å². The minimum Gasteiger partial charge on any atom is -0.455 e. The molecule has 2 nitrogen and oxygen atoms in total. The number of ether oxygens (including phenoxy) is 1. The van der Waals surface area contributed by atoms with Crippen molar-refractivity contribution < 1.29 is 13.5 Å². The van der Waals surface area contributed by atoms with Crippen LogP contribution >= 0.6 is 0 Å². The van der Waals surface area contributed by atoms with Gasteiger partial charge in [-0.15, -0.1) is 0 Å². The van der Waals surface area contributed by atoms with E-state index in [9.17, 15) is 8.78 Å². The van der Waals surface area contributed by atoms with Crippen molar-refractivity contribution in [3.8, 4) is 11.5 Å². The topological polar surface area (TPSA) is 35.2 Å². The van der Waals surface area contributed by atoms with Crippen LogP contribution in [0.3, 0.4) is 0 Å². The van der Waals surface area contributed by atoms with Crippen LogP contribution in [0.15, 0.2) is 42.5 Å². The van der Waals surface area contributed by atoms with E-state index in [1.165, 1.54) is 42.5 Å². The average Bonchev–Trinajstić information content (AvgIpc) is 2.25. The van der Waals surface area contributed by atoms with Crippen molar-refractivity contribution >= 4 is 5.69 Å². The van der Waals surface area contributed by atoms with Gasteiger partial charge >= 0.3 is 0 Å². The number of benzene rings is 2. The number of hydrogen-bond acceptors (Lipinski definition) is 2. The third kappa shape index (κ3) is 2.28. The lowest BCUT2D eigenvalue weighted by atomic mass is 10.3. The van der Waals surface area contributed by atoms with Crippen molar-refractivity contribution in [2.75, 3.05) is 5.73 Å². The molecule has 0 amide bonds. The predicted molar refractivity (Wildman–Crippen MR) is 57.3 cm³/mol. The molecule has 0 saturated carbocycles. The van der Waals surface area contributed by atoms with Gasteiger partial charge in [0, 0.05) is 6.07 Å². The third-order valence-corrected chi connectivity index (χ3v) is 2.01. The second-order valence-electron chi connectivity index (χ2n) is 3.24. The standard InChI is InChI=1S/C12H9F2NO/c13-8-1-4-10(5-2-8)16-12-6-3-9(14)7-11(12)15/h1-7H,15H2. The molecule has 0 saturated heterocycles. The summed E-state index contributed by atoms with van der Waals surface area (Å²) in [5.41, 5.74) is 5.76. The number of hydrogen-bond donors (Lipinski definition) is 1. The molecule has 0 aliphatic carbocycles. The Kier molecular flexibility index (Phi) is 2.72. The van der Waals surface area contributed by atoms with E-state index in [1.807, 2.05) is 0 Å². The average molecular weight is 221 g/mol. The third-order valence-electron chi connectivity index (χ3n) is 2.01. The van der Waals surface area contributed by atoms with Gasteiger partial charge in [-0.05, 0) is 36.4 Å². The summed E-state index contributed by atoms with van der Waals surface area (Å²) in [5, 5.41) is 0. The Balaban J connectivity index is 2.23. The van der Waals surface area contributed by atoms with E-state index >= 15 is 0 Å². The first kappa shape index (κ1) is 10.4. The highest BCUT2D eigenvalue weighted by molar-refractivity contribution is 5.53. The number of nitrogen functional groups attached to an aromatic ring is 1. The van der Waals surface area contributed by atoms with Crippen LogP contribution in [0.5, 0.6) is 11.5 Å². The van der Waals surface area contributed by atoms with Crippen LogP contribution < -0.4 is 10.5 Å². The lowest BCUT2D eigenvalue weighted by molar-refractivity contribution is 0.481. The van der Waals surface area contributed by atoms with Crippen molar-refractivity contribution in [2.45, 2.75) is 0 Å². The molecule has 2 aromatic carbocycles. The Morgan fingerprint density at radius 1 is 0.875 bits per heavy atom. The van der Waals surface area contributed by atoms with E-state index in [0.717, 1.165) is 0 Å². The van der Waals surface area contributed by atoms with Gasteiger partial charge in [0.15, 0.2) is 5.75 Å². The maximum absolute atomic E-state index is 12.8. The Morgan fingerprint density at radius 3 is 2.12 bits per heavy atom. The molecule has 0 aromatic heterocycles. The highest BCUT2D eigenvalue weighted by atomic mass is 19.1. The van der Waals surface area contributed by atoms with E-state index in [0.29, 0.717) is 11.5 Å². The molecule has 0 radical (unpaired) electrons. The van der Waals surface area contributed by atoms with E-state index in [4.69, 9.17) is 10.5 Å². The second kappa shape index (κ2) is 4.18. The molecule has 0 bridgehead atoms. The van der Waals surface area contributed by atoms with Gasteiger partial charge in [-0.1, -0.05) is 0 Å². The van der Waals surface area contributed by atoms with Gasteiger partial charge in [0.2, 0.25) is 0 Å². The summed E-state index contributed by atoms with van der Waals surface area (Å²) < 4.78 is 30.7. The first-order chi connectivity index (χ1) is 7.65. The Hall–Kier alpha value is -2.10. The smallest absolute Gasteiger partial charge is 0.150 e. The van der Waals surface area contributed by atoms with Crippen molar-refractivity contribution in [1.82, 2.24) is 0 Å². The molecular weight excluding hydrogens is 212 g/mol. The van der Waals surface area contributed by atoms with Crippen molar-refractivity contribution in [3.05, 3.63) is 54.1 Å². The highest BCUT2D eigenvalue weighted by Crippen LogP contribution is 2.27. The zero-order valence-electron chi connectivity index (χ0n) is 8.28. The van der Waals surface area contributed by atoms with Crippen molar-refractivity contribution in [1.29, 1.82) is 0 Å². The lowest BCUT2D eigenvalue weighted by Crippen LogP contribution is -1.92.